The van der Waals surface area contributed by atoms with E-state index in [-0.39, 0.29) is 17.8 Å². The molecule has 0 radical (unpaired) electrons. The smallest absolute Gasteiger partial charge is 0.275 e. The van der Waals surface area contributed by atoms with Crippen LogP contribution in [0.4, 0.5) is 15.9 Å². The molecule has 33 heavy (non-hydrogen) atoms. The number of hydrogen-bond donors (Lipinski definition) is 0. The van der Waals surface area contributed by atoms with E-state index in [0.717, 1.165) is 61.3 Å². The molecule has 1 amide bonds. The average Bonchev–Trinajstić information content (AvgIpc) is 2.88. The average molecular weight is 448 g/mol. The van der Waals surface area contributed by atoms with Gasteiger partial charge in [0.15, 0.2) is 11.5 Å². The highest BCUT2D eigenvalue weighted by atomic mass is 19.1. The lowest BCUT2D eigenvalue weighted by atomic mass is 9.94. The van der Waals surface area contributed by atoms with Crippen LogP contribution >= 0.6 is 0 Å². The number of fused-ring (bicyclic) bond motifs is 1. The Morgan fingerprint density at radius 3 is 2.21 bits per heavy atom. The van der Waals surface area contributed by atoms with Crippen molar-refractivity contribution < 1.29 is 9.18 Å². The number of rotatable bonds is 4. The molecule has 1 saturated heterocycles. The summed E-state index contributed by atoms with van der Waals surface area (Å²) in [6.07, 6.45) is 5.73. The first-order valence-corrected chi connectivity index (χ1v) is 11.9. The van der Waals surface area contributed by atoms with Gasteiger partial charge in [-0.1, -0.05) is 43.5 Å². The van der Waals surface area contributed by atoms with E-state index >= 15 is 0 Å². The minimum atomic E-state index is -0.220. The SMILES string of the molecule is CN(C(=O)c1nnc(N2CCN(c3ccc(F)cc3)CC2)c2ccccc12)C1CCCCC1. The standard InChI is InChI=1S/C26H30FN5O/c1-30(20-7-3-2-4-8-20)26(33)24-22-9-5-6-10-23(22)25(29-28-24)32-17-15-31(16-18-32)21-13-11-19(27)12-14-21/h5-6,9-14,20H,2-4,7-8,15-18H2,1H3. The maximum absolute atomic E-state index is 13.3. The third kappa shape index (κ3) is 4.36. The van der Waals surface area contributed by atoms with E-state index in [4.69, 9.17) is 0 Å². The second-order valence-electron chi connectivity index (χ2n) is 9.08. The summed E-state index contributed by atoms with van der Waals surface area (Å²) in [5.41, 5.74) is 1.46. The number of benzene rings is 2. The number of carbonyl (C=O) groups excluding carboxylic acids is 1. The van der Waals surface area contributed by atoms with Gasteiger partial charge in [-0.25, -0.2) is 4.39 Å². The molecule has 0 bridgehead atoms. The molecule has 0 atom stereocenters. The first kappa shape index (κ1) is 21.6. The third-order valence-electron chi connectivity index (χ3n) is 7.08. The van der Waals surface area contributed by atoms with Crippen LogP contribution in [0.3, 0.4) is 0 Å². The molecule has 2 fully saturated rings. The van der Waals surface area contributed by atoms with E-state index in [1.54, 1.807) is 0 Å². The van der Waals surface area contributed by atoms with Crippen LogP contribution in [0.15, 0.2) is 48.5 Å². The summed E-state index contributed by atoms with van der Waals surface area (Å²) in [4.78, 5) is 19.7. The summed E-state index contributed by atoms with van der Waals surface area (Å²) >= 11 is 0. The zero-order valence-corrected chi connectivity index (χ0v) is 19.1. The largest absolute Gasteiger partial charge is 0.368 e. The van der Waals surface area contributed by atoms with Crippen LogP contribution in [-0.2, 0) is 0 Å². The van der Waals surface area contributed by atoms with Crippen molar-refractivity contribution in [1.29, 1.82) is 0 Å². The fourth-order valence-electron chi connectivity index (χ4n) is 5.11. The number of nitrogens with zero attached hydrogens (tertiary/aromatic N) is 5. The molecular formula is C26H30FN5O. The number of hydrogen-bond acceptors (Lipinski definition) is 5. The summed E-state index contributed by atoms with van der Waals surface area (Å²) in [5.74, 6) is 0.558. The molecule has 2 aliphatic rings. The number of anilines is 2. The lowest BCUT2D eigenvalue weighted by molar-refractivity contribution is 0.0691. The molecule has 5 rings (SSSR count). The molecular weight excluding hydrogens is 417 g/mol. The van der Waals surface area contributed by atoms with E-state index in [9.17, 15) is 9.18 Å². The summed E-state index contributed by atoms with van der Waals surface area (Å²) in [7, 11) is 1.90. The highest BCUT2D eigenvalue weighted by Gasteiger charge is 2.27. The summed E-state index contributed by atoms with van der Waals surface area (Å²) in [6.45, 7) is 3.19. The van der Waals surface area contributed by atoms with Crippen molar-refractivity contribution in [2.45, 2.75) is 38.1 Å². The normalized spacial score (nSPS) is 17.4. The number of amides is 1. The monoisotopic (exact) mass is 447 g/mol. The zero-order valence-electron chi connectivity index (χ0n) is 19.1. The third-order valence-corrected chi connectivity index (χ3v) is 7.08. The van der Waals surface area contributed by atoms with Gasteiger partial charge >= 0.3 is 0 Å². The Kier molecular flexibility index (Phi) is 6.11. The molecule has 2 heterocycles. The second kappa shape index (κ2) is 9.33. The fourth-order valence-corrected chi connectivity index (χ4v) is 5.11. The molecule has 1 saturated carbocycles. The topological polar surface area (TPSA) is 52.6 Å². The van der Waals surface area contributed by atoms with Gasteiger partial charge in [-0.15, -0.1) is 10.2 Å². The van der Waals surface area contributed by atoms with E-state index in [0.29, 0.717) is 5.69 Å². The van der Waals surface area contributed by atoms with Crippen LogP contribution in [-0.4, -0.2) is 60.3 Å². The first-order valence-electron chi connectivity index (χ1n) is 11.9. The van der Waals surface area contributed by atoms with Crippen molar-refractivity contribution in [3.05, 3.63) is 60.0 Å². The fraction of sp³-hybridized carbons (Fsp3) is 0.423. The number of carbonyl (C=O) groups is 1. The first-order chi connectivity index (χ1) is 16.1. The molecule has 172 valence electrons. The molecule has 0 spiro atoms. The molecule has 3 aromatic rings. The quantitative estimate of drug-likeness (QED) is 0.589. The Bertz CT molecular complexity index is 1120. The Labute approximate surface area is 194 Å². The van der Waals surface area contributed by atoms with Gasteiger partial charge in [-0.3, -0.25) is 4.79 Å². The Morgan fingerprint density at radius 2 is 1.52 bits per heavy atom. The molecule has 1 aromatic heterocycles. The van der Waals surface area contributed by atoms with Gasteiger partial charge in [-0.05, 0) is 37.1 Å². The highest BCUT2D eigenvalue weighted by molar-refractivity contribution is 6.07. The van der Waals surface area contributed by atoms with E-state index < -0.39 is 0 Å². The van der Waals surface area contributed by atoms with E-state index in [1.165, 1.54) is 31.4 Å². The van der Waals surface area contributed by atoms with Crippen LogP contribution in [0, 0.1) is 5.82 Å². The summed E-state index contributed by atoms with van der Waals surface area (Å²) in [5, 5.41) is 10.8. The van der Waals surface area contributed by atoms with Gasteiger partial charge in [0.05, 0.1) is 0 Å². The van der Waals surface area contributed by atoms with Crippen molar-refractivity contribution in [3.63, 3.8) is 0 Å². The predicted octanol–water partition coefficient (Wildman–Crippen LogP) is 4.50. The molecule has 1 aliphatic heterocycles. The molecule has 1 aliphatic carbocycles. The highest BCUT2D eigenvalue weighted by Crippen LogP contribution is 2.29. The second-order valence-corrected chi connectivity index (χ2v) is 9.08. The maximum Gasteiger partial charge on any atom is 0.275 e. The van der Waals surface area contributed by atoms with Crippen LogP contribution in [0.25, 0.3) is 10.8 Å². The van der Waals surface area contributed by atoms with Crippen molar-refractivity contribution in [1.82, 2.24) is 15.1 Å². The zero-order chi connectivity index (χ0) is 22.8. The van der Waals surface area contributed by atoms with Gasteiger partial charge in [0.1, 0.15) is 5.82 Å². The molecule has 2 aromatic carbocycles. The van der Waals surface area contributed by atoms with Crippen molar-refractivity contribution in [2.24, 2.45) is 0 Å². The van der Waals surface area contributed by atoms with Crippen LogP contribution < -0.4 is 9.80 Å². The molecule has 0 N–H and O–H groups in total. The maximum atomic E-state index is 13.3. The lowest BCUT2D eigenvalue weighted by Gasteiger charge is -2.37. The van der Waals surface area contributed by atoms with Crippen LogP contribution in [0.1, 0.15) is 42.6 Å². The minimum absolute atomic E-state index is 0.0433. The molecule has 6 nitrogen and oxygen atoms in total. The number of halogens is 1. The van der Waals surface area contributed by atoms with Crippen molar-refractivity contribution >= 4 is 28.2 Å². The van der Waals surface area contributed by atoms with Gasteiger partial charge in [-0.2, -0.15) is 0 Å². The van der Waals surface area contributed by atoms with Crippen molar-refractivity contribution in [3.8, 4) is 0 Å². The van der Waals surface area contributed by atoms with E-state index in [2.05, 4.69) is 20.0 Å². The van der Waals surface area contributed by atoms with Gasteiger partial charge in [0.25, 0.3) is 5.91 Å². The Hall–Kier alpha value is -3.22. The summed E-state index contributed by atoms with van der Waals surface area (Å²) < 4.78 is 13.3. The van der Waals surface area contributed by atoms with Gasteiger partial charge in [0.2, 0.25) is 0 Å². The Morgan fingerprint density at radius 1 is 0.879 bits per heavy atom. The van der Waals surface area contributed by atoms with Gasteiger partial charge < -0.3 is 14.7 Å². The molecule has 0 unspecified atom stereocenters. The number of piperazine rings is 1. The minimum Gasteiger partial charge on any atom is -0.368 e. The van der Waals surface area contributed by atoms with Crippen molar-refractivity contribution in [2.75, 3.05) is 43.0 Å². The molecule has 7 heteroatoms. The Balaban J connectivity index is 1.37. The lowest BCUT2D eigenvalue weighted by Crippen LogP contribution is -2.47. The predicted molar refractivity (Wildman–Crippen MR) is 129 cm³/mol. The van der Waals surface area contributed by atoms with E-state index in [1.807, 2.05) is 48.3 Å². The van der Waals surface area contributed by atoms with Crippen LogP contribution in [0.5, 0.6) is 0 Å². The van der Waals surface area contributed by atoms with Crippen LogP contribution in [0.2, 0.25) is 0 Å². The summed E-state index contributed by atoms with van der Waals surface area (Å²) in [6, 6.07) is 14.9. The number of aromatic nitrogens is 2. The van der Waals surface area contributed by atoms with Gasteiger partial charge in [0, 0.05) is 55.7 Å².